The molecule has 200 valence electrons. The van der Waals surface area contributed by atoms with E-state index >= 15 is 0 Å². The fourth-order valence-electron chi connectivity index (χ4n) is 4.73. The third-order valence-electron chi connectivity index (χ3n) is 6.28. The summed E-state index contributed by atoms with van der Waals surface area (Å²) in [4.78, 5) is 0. The van der Waals surface area contributed by atoms with Gasteiger partial charge in [-0.1, -0.05) is 121 Å². The van der Waals surface area contributed by atoms with E-state index in [9.17, 15) is 0 Å². The van der Waals surface area contributed by atoms with E-state index in [0.717, 1.165) is 12.3 Å². The SMILES string of the molecule is C=C.CC1(C)O[C@@H](CP(c2ccccc2)c2ccccc2)[C@H](CP(c2ccccc2)c2ccccc2)O1.[Pd]. The summed E-state index contributed by atoms with van der Waals surface area (Å²) in [5.41, 5.74) is 0. The van der Waals surface area contributed by atoms with Gasteiger partial charge in [-0.2, -0.15) is 0 Å². The quantitative estimate of drug-likeness (QED) is 0.124. The van der Waals surface area contributed by atoms with Gasteiger partial charge in [-0.05, 0) is 50.9 Å². The first-order valence-electron chi connectivity index (χ1n) is 12.7. The van der Waals surface area contributed by atoms with Crippen molar-refractivity contribution in [1.82, 2.24) is 0 Å². The first-order valence-corrected chi connectivity index (χ1v) is 15.8. The molecule has 1 aliphatic rings. The van der Waals surface area contributed by atoms with Gasteiger partial charge < -0.3 is 9.47 Å². The summed E-state index contributed by atoms with van der Waals surface area (Å²) in [7, 11) is -1.12. The molecule has 4 aromatic rings. The number of hydrogen-bond acceptors (Lipinski definition) is 2. The van der Waals surface area contributed by atoms with Crippen LogP contribution in [0.3, 0.4) is 0 Å². The summed E-state index contributed by atoms with van der Waals surface area (Å²) in [5.74, 6) is -0.585. The second-order valence-electron chi connectivity index (χ2n) is 9.28. The second-order valence-corrected chi connectivity index (χ2v) is 13.8. The van der Waals surface area contributed by atoms with Gasteiger partial charge in [0.1, 0.15) is 0 Å². The topological polar surface area (TPSA) is 18.5 Å². The van der Waals surface area contributed by atoms with Gasteiger partial charge in [-0.3, -0.25) is 0 Å². The minimum atomic E-state index is -0.585. The molecule has 5 rings (SSSR count). The van der Waals surface area contributed by atoms with Crippen molar-refractivity contribution in [2.75, 3.05) is 12.3 Å². The van der Waals surface area contributed by atoms with Crippen LogP contribution in [0.1, 0.15) is 13.8 Å². The van der Waals surface area contributed by atoms with E-state index in [-0.39, 0.29) is 32.6 Å². The predicted molar refractivity (Wildman–Crippen MR) is 163 cm³/mol. The maximum absolute atomic E-state index is 6.61. The Kier molecular flexibility index (Phi) is 12.1. The van der Waals surface area contributed by atoms with Crippen LogP contribution in [0.4, 0.5) is 0 Å². The van der Waals surface area contributed by atoms with Crippen LogP contribution >= 0.6 is 15.8 Å². The molecule has 0 radical (unpaired) electrons. The Morgan fingerprint density at radius 3 is 1.00 bits per heavy atom. The van der Waals surface area contributed by atoms with E-state index < -0.39 is 21.6 Å². The summed E-state index contributed by atoms with van der Waals surface area (Å²) in [6, 6.07) is 43.6. The molecule has 5 heteroatoms. The van der Waals surface area contributed by atoms with Gasteiger partial charge in [0.05, 0.1) is 12.2 Å². The largest absolute Gasteiger partial charge is 0.344 e. The predicted octanol–water partition coefficient (Wildman–Crippen LogP) is 6.57. The molecule has 1 aliphatic heterocycles. The fourth-order valence-corrected chi connectivity index (χ4v) is 9.64. The average molecular weight is 633 g/mol. The first-order chi connectivity index (χ1) is 18.1. The number of ether oxygens (including phenoxy) is 2. The molecule has 0 saturated carbocycles. The van der Waals surface area contributed by atoms with Gasteiger partial charge in [-0.25, -0.2) is 0 Å². The summed E-state index contributed by atoms with van der Waals surface area (Å²) >= 11 is 0. The Morgan fingerprint density at radius 1 is 0.526 bits per heavy atom. The number of hydrogen-bond donors (Lipinski definition) is 0. The fraction of sp³-hybridized carbons (Fsp3) is 0.212. The van der Waals surface area contributed by atoms with Gasteiger partial charge in [-0.15, -0.1) is 13.2 Å². The second kappa shape index (κ2) is 15.0. The third-order valence-corrected chi connectivity index (χ3v) is 11.4. The van der Waals surface area contributed by atoms with Gasteiger partial charge >= 0.3 is 0 Å². The van der Waals surface area contributed by atoms with Crippen LogP contribution in [-0.2, 0) is 29.9 Å². The molecule has 38 heavy (non-hydrogen) atoms. The summed E-state index contributed by atoms with van der Waals surface area (Å²) in [5, 5.41) is 5.53. The zero-order valence-electron chi connectivity index (χ0n) is 22.1. The van der Waals surface area contributed by atoms with Crippen LogP contribution in [0.5, 0.6) is 0 Å². The molecule has 0 spiro atoms. The summed E-state index contributed by atoms with van der Waals surface area (Å²) < 4.78 is 13.2. The van der Waals surface area contributed by atoms with Crippen molar-refractivity contribution in [1.29, 1.82) is 0 Å². The van der Waals surface area contributed by atoms with Gasteiger partial charge in [0, 0.05) is 32.7 Å². The van der Waals surface area contributed by atoms with E-state index in [1.54, 1.807) is 0 Å². The Labute approximate surface area is 244 Å². The molecule has 1 fully saturated rings. The zero-order valence-corrected chi connectivity index (χ0v) is 25.4. The molecule has 4 aromatic carbocycles. The molecular weight excluding hydrogens is 597 g/mol. The van der Waals surface area contributed by atoms with Gasteiger partial charge in [0.2, 0.25) is 0 Å². The Bertz CT molecular complexity index is 1030. The summed E-state index contributed by atoms with van der Waals surface area (Å²) in [6.07, 6.45) is 1.97. The van der Waals surface area contributed by atoms with Crippen molar-refractivity contribution in [2.45, 2.75) is 31.8 Å². The van der Waals surface area contributed by atoms with Crippen LogP contribution in [-0.4, -0.2) is 30.3 Å². The van der Waals surface area contributed by atoms with Crippen LogP contribution < -0.4 is 21.2 Å². The molecule has 2 atom stereocenters. The minimum absolute atomic E-state index is 0. The van der Waals surface area contributed by atoms with Gasteiger partial charge in [0.25, 0.3) is 0 Å². The van der Waals surface area contributed by atoms with E-state index in [1.807, 2.05) is 0 Å². The van der Waals surface area contributed by atoms with Crippen molar-refractivity contribution >= 4 is 37.1 Å². The van der Waals surface area contributed by atoms with E-state index in [2.05, 4.69) is 148 Å². The Morgan fingerprint density at radius 2 is 0.763 bits per heavy atom. The smallest absolute Gasteiger partial charge is 0.163 e. The molecule has 0 aromatic heterocycles. The van der Waals surface area contributed by atoms with Crippen LogP contribution in [0.15, 0.2) is 134 Å². The Balaban J connectivity index is 0.00000130. The van der Waals surface area contributed by atoms with Crippen molar-refractivity contribution in [3.63, 3.8) is 0 Å². The average Bonchev–Trinajstić information content (AvgIpc) is 3.26. The van der Waals surface area contributed by atoms with Crippen molar-refractivity contribution in [3.05, 3.63) is 134 Å². The van der Waals surface area contributed by atoms with Gasteiger partial charge in [0.15, 0.2) is 5.79 Å². The monoisotopic (exact) mass is 632 g/mol. The standard InChI is InChI=1S/C31H32O2P2.C2H4.Pd/c1-31(2)32-29(23-34(25-15-7-3-8-16-25)26-17-9-4-10-18-26)30(33-31)24-35(27-19-11-5-12-20-27)28-21-13-6-14-22-28;1-2;/h3-22,29-30H,23-24H2,1-2H3;1-2H2;/t29-,30-;;/m0../s1. The maximum atomic E-state index is 6.61. The first kappa shape index (κ1) is 30.6. The maximum Gasteiger partial charge on any atom is 0.163 e. The van der Waals surface area contributed by atoms with Crippen LogP contribution in [0.2, 0.25) is 0 Å². The minimum Gasteiger partial charge on any atom is -0.344 e. The van der Waals surface area contributed by atoms with Crippen LogP contribution in [0, 0.1) is 0 Å². The van der Waals surface area contributed by atoms with E-state index in [4.69, 9.17) is 9.47 Å². The molecule has 0 bridgehead atoms. The van der Waals surface area contributed by atoms with E-state index in [1.165, 1.54) is 21.2 Å². The number of rotatable bonds is 8. The molecule has 2 nitrogen and oxygen atoms in total. The zero-order chi connectivity index (χ0) is 26.1. The van der Waals surface area contributed by atoms with Crippen LogP contribution in [0.25, 0.3) is 0 Å². The molecule has 1 saturated heterocycles. The molecule has 0 N–H and O–H groups in total. The normalized spacial score (nSPS) is 17.9. The molecule has 1 heterocycles. The van der Waals surface area contributed by atoms with E-state index in [0.29, 0.717) is 0 Å². The molecule has 0 amide bonds. The van der Waals surface area contributed by atoms with Crippen molar-refractivity contribution < 1.29 is 29.9 Å². The molecule has 0 aliphatic carbocycles. The Hall–Kier alpha value is -1.94. The summed E-state index contributed by atoms with van der Waals surface area (Å²) in [6.45, 7) is 10.1. The third kappa shape index (κ3) is 8.04. The molecule has 0 unspecified atom stereocenters. The van der Waals surface area contributed by atoms with Crippen molar-refractivity contribution in [2.24, 2.45) is 0 Å². The molecular formula is C33H36O2P2Pd. The number of benzene rings is 4. The van der Waals surface area contributed by atoms with Crippen molar-refractivity contribution in [3.8, 4) is 0 Å².